The first-order valence-electron chi connectivity index (χ1n) is 6.55. The van der Waals surface area contributed by atoms with Crippen molar-refractivity contribution >= 4 is 27.3 Å². The molecule has 1 N–H and O–H groups in total. The van der Waals surface area contributed by atoms with E-state index in [0.29, 0.717) is 5.92 Å². The van der Waals surface area contributed by atoms with Crippen molar-refractivity contribution in [2.24, 2.45) is 5.92 Å². The predicted molar refractivity (Wildman–Crippen MR) is 84.4 cm³/mol. The van der Waals surface area contributed by atoms with E-state index in [4.69, 9.17) is 0 Å². The Balaban J connectivity index is 2.00. The van der Waals surface area contributed by atoms with Gasteiger partial charge in [-0.25, -0.2) is 4.39 Å². The highest BCUT2D eigenvalue weighted by Gasteiger charge is 2.11. The summed E-state index contributed by atoms with van der Waals surface area (Å²) in [6.45, 7) is 6.24. The Hall–Kier alpha value is -0.850. The number of hydrogen-bond donors (Lipinski definition) is 1. The second-order valence-corrected chi connectivity index (χ2v) is 6.89. The third-order valence-electron chi connectivity index (χ3n) is 2.69. The molecule has 6 heteroatoms. The number of nitrogens with zero attached hydrogens (tertiary/aromatic N) is 2. The van der Waals surface area contributed by atoms with Crippen molar-refractivity contribution < 1.29 is 4.39 Å². The molecular weight excluding hydrogens is 341 g/mol. The van der Waals surface area contributed by atoms with E-state index >= 15 is 0 Å². The van der Waals surface area contributed by atoms with Crippen LogP contribution in [0.25, 0.3) is 10.6 Å². The number of benzene rings is 1. The molecule has 1 heterocycles. The van der Waals surface area contributed by atoms with Crippen LogP contribution >= 0.6 is 27.3 Å². The zero-order chi connectivity index (χ0) is 14.5. The van der Waals surface area contributed by atoms with Crippen LogP contribution in [0.1, 0.15) is 18.9 Å². The van der Waals surface area contributed by atoms with Crippen LogP contribution in [-0.2, 0) is 6.42 Å². The van der Waals surface area contributed by atoms with Gasteiger partial charge >= 0.3 is 0 Å². The molecule has 3 nitrogen and oxygen atoms in total. The standard InChI is InChI=1S/C14H17BrFN3S/c1-9(2)8-17-6-5-13-18-19-14(20-13)11-7-10(16)3-4-12(11)15/h3-4,7,9,17H,5-6,8H2,1-2H3. The molecule has 1 aromatic heterocycles. The molecule has 108 valence electrons. The third-order valence-corrected chi connectivity index (χ3v) is 4.40. The van der Waals surface area contributed by atoms with Crippen molar-refractivity contribution in [1.29, 1.82) is 0 Å². The van der Waals surface area contributed by atoms with Crippen molar-refractivity contribution in [1.82, 2.24) is 15.5 Å². The molecule has 0 saturated carbocycles. The lowest BCUT2D eigenvalue weighted by atomic mass is 10.2. The van der Waals surface area contributed by atoms with E-state index in [1.54, 1.807) is 6.07 Å². The molecule has 0 aliphatic heterocycles. The molecule has 0 atom stereocenters. The van der Waals surface area contributed by atoms with Crippen molar-refractivity contribution in [3.63, 3.8) is 0 Å². The molecule has 0 amide bonds. The molecule has 0 aliphatic carbocycles. The van der Waals surface area contributed by atoms with E-state index < -0.39 is 0 Å². The fraction of sp³-hybridized carbons (Fsp3) is 0.429. The number of aromatic nitrogens is 2. The van der Waals surface area contributed by atoms with E-state index in [0.717, 1.165) is 39.6 Å². The summed E-state index contributed by atoms with van der Waals surface area (Å²) in [6, 6.07) is 4.59. The molecule has 0 fully saturated rings. The second kappa shape index (κ2) is 7.24. The highest BCUT2D eigenvalue weighted by Crippen LogP contribution is 2.31. The van der Waals surface area contributed by atoms with Gasteiger partial charge in [0.05, 0.1) is 0 Å². The number of halogens is 2. The Labute approximate surface area is 130 Å². The van der Waals surface area contributed by atoms with Gasteiger partial charge in [-0.15, -0.1) is 10.2 Å². The molecule has 1 aromatic carbocycles. The number of rotatable bonds is 6. The van der Waals surface area contributed by atoms with E-state index in [-0.39, 0.29) is 5.82 Å². The summed E-state index contributed by atoms with van der Waals surface area (Å²) in [6.07, 6.45) is 0.845. The van der Waals surface area contributed by atoms with E-state index in [1.165, 1.54) is 23.5 Å². The first kappa shape index (κ1) is 15.5. The number of nitrogens with one attached hydrogen (secondary N) is 1. The van der Waals surface area contributed by atoms with Gasteiger partial charge in [-0.2, -0.15) is 0 Å². The maximum Gasteiger partial charge on any atom is 0.149 e. The summed E-state index contributed by atoms with van der Waals surface area (Å²) in [7, 11) is 0. The minimum Gasteiger partial charge on any atom is -0.316 e. The molecule has 2 aromatic rings. The van der Waals surface area contributed by atoms with Crippen LogP contribution < -0.4 is 5.32 Å². The van der Waals surface area contributed by atoms with Gasteiger partial charge in [-0.3, -0.25) is 0 Å². The van der Waals surface area contributed by atoms with Crippen LogP contribution in [-0.4, -0.2) is 23.3 Å². The highest BCUT2D eigenvalue weighted by molar-refractivity contribution is 9.10. The maximum atomic E-state index is 13.3. The van der Waals surface area contributed by atoms with Crippen molar-refractivity contribution in [3.8, 4) is 10.6 Å². The average molecular weight is 358 g/mol. The summed E-state index contributed by atoms with van der Waals surface area (Å²) >= 11 is 4.92. The van der Waals surface area contributed by atoms with Crippen LogP contribution in [0.15, 0.2) is 22.7 Å². The zero-order valence-corrected chi connectivity index (χ0v) is 13.9. The highest BCUT2D eigenvalue weighted by atomic mass is 79.9. The fourth-order valence-electron chi connectivity index (χ4n) is 1.71. The Kier molecular flexibility index (Phi) is 5.63. The van der Waals surface area contributed by atoms with Crippen LogP contribution in [0.2, 0.25) is 0 Å². The Morgan fingerprint density at radius 2 is 2.15 bits per heavy atom. The first-order valence-corrected chi connectivity index (χ1v) is 8.15. The summed E-state index contributed by atoms with van der Waals surface area (Å²) < 4.78 is 14.1. The van der Waals surface area contributed by atoms with Gasteiger partial charge in [-0.1, -0.05) is 41.1 Å². The van der Waals surface area contributed by atoms with Gasteiger partial charge in [0.1, 0.15) is 15.8 Å². The molecule has 2 rings (SSSR count). The van der Waals surface area contributed by atoms with E-state index in [2.05, 4.69) is 45.3 Å². The average Bonchev–Trinajstić information content (AvgIpc) is 2.86. The third kappa shape index (κ3) is 4.33. The largest absolute Gasteiger partial charge is 0.316 e. The molecule has 0 radical (unpaired) electrons. The Bertz CT molecular complexity index is 571. The molecule has 0 unspecified atom stereocenters. The van der Waals surface area contributed by atoms with Crippen molar-refractivity contribution in [2.75, 3.05) is 13.1 Å². The molecule has 0 aliphatic rings. The SMILES string of the molecule is CC(C)CNCCc1nnc(-c2cc(F)ccc2Br)s1. The normalized spacial score (nSPS) is 11.2. The lowest BCUT2D eigenvalue weighted by molar-refractivity contribution is 0.553. The maximum absolute atomic E-state index is 13.3. The van der Waals surface area contributed by atoms with Gasteiger partial charge in [0.2, 0.25) is 0 Å². The summed E-state index contributed by atoms with van der Waals surface area (Å²) in [5.74, 6) is 0.377. The molecule has 0 bridgehead atoms. The quantitative estimate of drug-likeness (QED) is 0.796. The van der Waals surface area contributed by atoms with Gasteiger partial charge in [0.15, 0.2) is 0 Å². The molecule has 20 heavy (non-hydrogen) atoms. The van der Waals surface area contributed by atoms with Gasteiger partial charge in [0, 0.05) is 23.0 Å². The Morgan fingerprint density at radius 1 is 1.35 bits per heavy atom. The van der Waals surface area contributed by atoms with Crippen LogP contribution in [0, 0.1) is 11.7 Å². The number of hydrogen-bond acceptors (Lipinski definition) is 4. The predicted octanol–water partition coefficient (Wildman–Crippen LogP) is 3.89. The molecule has 0 saturated heterocycles. The van der Waals surface area contributed by atoms with Crippen molar-refractivity contribution in [3.05, 3.63) is 33.5 Å². The van der Waals surface area contributed by atoms with Gasteiger partial charge in [-0.05, 0) is 30.7 Å². The lowest BCUT2D eigenvalue weighted by Gasteiger charge is -2.05. The topological polar surface area (TPSA) is 37.8 Å². The van der Waals surface area contributed by atoms with Crippen LogP contribution in [0.4, 0.5) is 4.39 Å². The minimum atomic E-state index is -0.265. The van der Waals surface area contributed by atoms with Crippen molar-refractivity contribution in [2.45, 2.75) is 20.3 Å². The van der Waals surface area contributed by atoms with E-state index in [9.17, 15) is 4.39 Å². The van der Waals surface area contributed by atoms with E-state index in [1.807, 2.05) is 0 Å². The first-order chi connectivity index (χ1) is 9.56. The van der Waals surface area contributed by atoms with Gasteiger partial charge < -0.3 is 5.32 Å². The fourth-order valence-corrected chi connectivity index (χ4v) is 3.15. The second-order valence-electron chi connectivity index (χ2n) is 4.97. The molecular formula is C14H17BrFN3S. The molecule has 0 spiro atoms. The summed E-state index contributed by atoms with van der Waals surface area (Å²) in [4.78, 5) is 0. The van der Waals surface area contributed by atoms with Gasteiger partial charge in [0.25, 0.3) is 0 Å². The summed E-state index contributed by atoms with van der Waals surface area (Å²) in [5.41, 5.74) is 0.754. The minimum absolute atomic E-state index is 0.265. The van der Waals surface area contributed by atoms with Crippen LogP contribution in [0.5, 0.6) is 0 Å². The Morgan fingerprint density at radius 3 is 2.90 bits per heavy atom. The lowest BCUT2D eigenvalue weighted by Crippen LogP contribution is -2.22. The summed E-state index contributed by atoms with van der Waals surface area (Å²) in [5, 5.41) is 13.4. The van der Waals surface area contributed by atoms with Crippen LogP contribution in [0.3, 0.4) is 0 Å². The monoisotopic (exact) mass is 357 g/mol. The zero-order valence-electron chi connectivity index (χ0n) is 11.5. The smallest absolute Gasteiger partial charge is 0.149 e.